The quantitative estimate of drug-likeness (QED) is 0.643. The summed E-state index contributed by atoms with van der Waals surface area (Å²) in [6.45, 7) is 6.22. The molecule has 1 aromatic carbocycles. The number of nitrogens with two attached hydrogens (primary N) is 1. The molecule has 0 saturated carbocycles. The molecular formula is C15H25ClNO3+. The molecule has 0 bridgehead atoms. The number of halogens is 1. The van der Waals surface area contributed by atoms with Crippen molar-refractivity contribution < 1.29 is 19.9 Å². The lowest BCUT2D eigenvalue weighted by Gasteiger charge is -2.13. The minimum Gasteiger partial charge on any atom is -0.491 e. The summed E-state index contributed by atoms with van der Waals surface area (Å²) in [5, 5.41) is 12.6. The summed E-state index contributed by atoms with van der Waals surface area (Å²) in [4.78, 5) is 0. The van der Waals surface area contributed by atoms with Gasteiger partial charge in [0, 0.05) is 5.02 Å². The molecule has 0 heterocycles. The first-order valence-electron chi connectivity index (χ1n) is 7.09. The molecule has 0 aliphatic rings. The maximum atomic E-state index is 9.73. The second-order valence-electron chi connectivity index (χ2n) is 4.89. The van der Waals surface area contributed by atoms with Crippen molar-refractivity contribution in [2.75, 3.05) is 26.4 Å². The van der Waals surface area contributed by atoms with E-state index in [-0.39, 0.29) is 0 Å². The Kier molecular flexibility index (Phi) is 8.62. The van der Waals surface area contributed by atoms with Gasteiger partial charge in [0.1, 0.15) is 25.0 Å². The lowest BCUT2D eigenvalue weighted by molar-refractivity contribution is -0.692. The Morgan fingerprint density at radius 3 is 2.60 bits per heavy atom. The molecule has 2 atom stereocenters. The normalized spacial score (nSPS) is 14.0. The van der Waals surface area contributed by atoms with Gasteiger partial charge in [0.15, 0.2) is 0 Å². The molecule has 0 radical (unpaired) electrons. The number of benzene rings is 1. The third-order valence-electron chi connectivity index (χ3n) is 3.07. The first-order valence-corrected chi connectivity index (χ1v) is 7.47. The molecule has 0 saturated heterocycles. The molecular weight excluding hydrogens is 278 g/mol. The highest BCUT2D eigenvalue weighted by molar-refractivity contribution is 6.30. The summed E-state index contributed by atoms with van der Waals surface area (Å²) in [7, 11) is 0. The van der Waals surface area contributed by atoms with Crippen LogP contribution in [0.5, 0.6) is 5.75 Å². The van der Waals surface area contributed by atoms with E-state index in [1.807, 2.05) is 12.1 Å². The maximum Gasteiger partial charge on any atom is 0.126 e. The molecule has 4 nitrogen and oxygen atoms in total. The maximum absolute atomic E-state index is 9.73. The Hall–Kier alpha value is -0.810. The molecule has 0 aliphatic heterocycles. The Bertz CT molecular complexity index is 359. The monoisotopic (exact) mass is 302 g/mol. The topological polar surface area (TPSA) is 55.3 Å². The fourth-order valence-electron chi connectivity index (χ4n) is 1.59. The van der Waals surface area contributed by atoms with Crippen molar-refractivity contribution in [1.29, 1.82) is 0 Å². The van der Waals surface area contributed by atoms with Crippen LogP contribution in [0.1, 0.15) is 20.3 Å². The second-order valence-corrected chi connectivity index (χ2v) is 5.32. The minimum atomic E-state index is -0.431. The van der Waals surface area contributed by atoms with Crippen LogP contribution in [-0.4, -0.2) is 43.6 Å². The van der Waals surface area contributed by atoms with Gasteiger partial charge in [-0.05, 0) is 37.6 Å². The molecule has 5 heteroatoms. The largest absolute Gasteiger partial charge is 0.491 e. The zero-order chi connectivity index (χ0) is 14.8. The molecule has 0 fully saturated rings. The standard InChI is InChI=1S/C15H24ClNO3/c1-3-12(2)17-10-14(18)11-19-8-9-20-15-6-4-13(16)5-7-15/h4-7,12,14,17-18H,3,8-11H2,1-2H3/p+1/t12-,14-/m1/s1. The fraction of sp³-hybridized carbons (Fsp3) is 0.600. The van der Waals surface area contributed by atoms with Crippen molar-refractivity contribution in [1.82, 2.24) is 0 Å². The molecule has 0 unspecified atom stereocenters. The summed E-state index contributed by atoms with van der Waals surface area (Å²) in [5.41, 5.74) is 0. The zero-order valence-electron chi connectivity index (χ0n) is 12.2. The van der Waals surface area contributed by atoms with Crippen LogP contribution in [0.2, 0.25) is 5.02 Å². The van der Waals surface area contributed by atoms with Gasteiger partial charge in [-0.1, -0.05) is 18.5 Å². The number of aliphatic hydroxyl groups is 1. The highest BCUT2D eigenvalue weighted by Crippen LogP contribution is 2.15. The lowest BCUT2D eigenvalue weighted by atomic mass is 10.2. The van der Waals surface area contributed by atoms with Crippen LogP contribution in [0.3, 0.4) is 0 Å². The van der Waals surface area contributed by atoms with Crippen molar-refractivity contribution in [3.8, 4) is 5.75 Å². The van der Waals surface area contributed by atoms with Gasteiger partial charge in [0.2, 0.25) is 0 Å². The number of ether oxygens (including phenoxy) is 2. The van der Waals surface area contributed by atoms with E-state index in [9.17, 15) is 5.11 Å². The van der Waals surface area contributed by atoms with Crippen LogP contribution in [0.4, 0.5) is 0 Å². The van der Waals surface area contributed by atoms with Crippen molar-refractivity contribution in [3.63, 3.8) is 0 Å². The van der Waals surface area contributed by atoms with Crippen LogP contribution in [-0.2, 0) is 4.74 Å². The van der Waals surface area contributed by atoms with Crippen LogP contribution in [0, 0.1) is 0 Å². The third-order valence-corrected chi connectivity index (χ3v) is 3.33. The number of quaternary nitrogens is 1. The fourth-order valence-corrected chi connectivity index (χ4v) is 1.72. The summed E-state index contributed by atoms with van der Waals surface area (Å²) in [5.74, 6) is 0.767. The highest BCUT2D eigenvalue weighted by atomic mass is 35.5. The van der Waals surface area contributed by atoms with Gasteiger partial charge in [0.05, 0.1) is 19.3 Å². The third kappa shape index (κ3) is 7.70. The van der Waals surface area contributed by atoms with Crippen LogP contribution >= 0.6 is 11.6 Å². The zero-order valence-corrected chi connectivity index (χ0v) is 13.0. The van der Waals surface area contributed by atoms with E-state index in [4.69, 9.17) is 21.1 Å². The summed E-state index contributed by atoms with van der Waals surface area (Å²) in [6, 6.07) is 7.74. The predicted octanol–water partition coefficient (Wildman–Crippen LogP) is 1.46. The Morgan fingerprint density at radius 2 is 1.95 bits per heavy atom. The van der Waals surface area contributed by atoms with Crippen LogP contribution < -0.4 is 10.1 Å². The Labute approximate surface area is 126 Å². The predicted molar refractivity (Wildman–Crippen MR) is 80.3 cm³/mol. The molecule has 0 amide bonds. The number of rotatable bonds is 10. The van der Waals surface area contributed by atoms with Crippen molar-refractivity contribution >= 4 is 11.6 Å². The van der Waals surface area contributed by atoms with Gasteiger partial charge in [0.25, 0.3) is 0 Å². The molecule has 114 valence electrons. The average Bonchev–Trinajstić information content (AvgIpc) is 2.46. The van der Waals surface area contributed by atoms with E-state index in [1.165, 1.54) is 0 Å². The molecule has 0 aromatic heterocycles. The van der Waals surface area contributed by atoms with Crippen molar-refractivity contribution in [2.24, 2.45) is 0 Å². The highest BCUT2D eigenvalue weighted by Gasteiger charge is 2.09. The molecule has 0 aliphatic carbocycles. The van der Waals surface area contributed by atoms with Crippen molar-refractivity contribution in [3.05, 3.63) is 29.3 Å². The van der Waals surface area contributed by atoms with Gasteiger partial charge >= 0.3 is 0 Å². The van der Waals surface area contributed by atoms with E-state index in [2.05, 4.69) is 19.2 Å². The van der Waals surface area contributed by atoms with Gasteiger partial charge in [-0.25, -0.2) is 0 Å². The molecule has 1 aromatic rings. The van der Waals surface area contributed by atoms with E-state index in [1.54, 1.807) is 12.1 Å². The summed E-state index contributed by atoms with van der Waals surface area (Å²) >= 11 is 5.78. The summed E-state index contributed by atoms with van der Waals surface area (Å²) in [6.07, 6.45) is 0.669. The van der Waals surface area contributed by atoms with Crippen LogP contribution in [0.15, 0.2) is 24.3 Å². The Morgan fingerprint density at radius 1 is 1.25 bits per heavy atom. The molecule has 1 rings (SSSR count). The van der Waals surface area contributed by atoms with E-state index >= 15 is 0 Å². The summed E-state index contributed by atoms with van der Waals surface area (Å²) < 4.78 is 10.9. The SMILES string of the molecule is CC[C@@H](C)[NH2+]C[C@@H](O)COCCOc1ccc(Cl)cc1. The minimum absolute atomic E-state index is 0.344. The van der Waals surface area contributed by atoms with E-state index < -0.39 is 6.10 Å². The smallest absolute Gasteiger partial charge is 0.126 e. The van der Waals surface area contributed by atoms with Gasteiger partial charge in [-0.2, -0.15) is 0 Å². The molecule has 0 spiro atoms. The molecule has 3 N–H and O–H groups in total. The van der Waals surface area contributed by atoms with E-state index in [0.29, 0.717) is 37.4 Å². The lowest BCUT2D eigenvalue weighted by Crippen LogP contribution is -2.91. The Balaban J connectivity index is 2.02. The van der Waals surface area contributed by atoms with Gasteiger partial charge < -0.3 is 19.9 Å². The number of aliphatic hydroxyl groups excluding tert-OH is 1. The first-order chi connectivity index (χ1) is 9.61. The number of hydrogen-bond acceptors (Lipinski definition) is 3. The van der Waals surface area contributed by atoms with E-state index in [0.717, 1.165) is 12.2 Å². The van der Waals surface area contributed by atoms with Crippen molar-refractivity contribution in [2.45, 2.75) is 32.4 Å². The van der Waals surface area contributed by atoms with Gasteiger partial charge in [-0.15, -0.1) is 0 Å². The molecule has 20 heavy (non-hydrogen) atoms. The van der Waals surface area contributed by atoms with Crippen LogP contribution in [0.25, 0.3) is 0 Å². The van der Waals surface area contributed by atoms with Gasteiger partial charge in [-0.3, -0.25) is 0 Å². The first kappa shape index (κ1) is 17.2. The second kappa shape index (κ2) is 10.00. The number of hydrogen-bond donors (Lipinski definition) is 2. The average molecular weight is 303 g/mol.